The van der Waals surface area contributed by atoms with Gasteiger partial charge in [0.1, 0.15) is 5.82 Å². The zero-order valence-electron chi connectivity index (χ0n) is 25.0. The van der Waals surface area contributed by atoms with Gasteiger partial charge >= 0.3 is 5.97 Å². The Hall–Kier alpha value is -3.92. The number of anilines is 1. The zero-order valence-corrected chi connectivity index (χ0v) is 26.6. The van der Waals surface area contributed by atoms with Crippen molar-refractivity contribution < 1.29 is 33.4 Å². The van der Waals surface area contributed by atoms with Crippen LogP contribution in [0.5, 0.6) is 11.5 Å². The van der Waals surface area contributed by atoms with Crippen LogP contribution in [0.25, 0.3) is 0 Å². The molecule has 0 saturated carbocycles. The average molecular weight is 668 g/mol. The number of carboxylic acids is 1. The number of methoxy groups -OCH3 is 2. The van der Waals surface area contributed by atoms with Crippen molar-refractivity contribution in [1.29, 1.82) is 0 Å². The number of halogens is 2. The molecular weight excluding hydrogens is 631 g/mol. The van der Waals surface area contributed by atoms with Gasteiger partial charge in [-0.2, -0.15) is 0 Å². The molecule has 44 heavy (non-hydrogen) atoms. The van der Waals surface area contributed by atoms with Gasteiger partial charge in [0.2, 0.25) is 11.8 Å². The van der Waals surface area contributed by atoms with E-state index in [9.17, 15) is 23.9 Å². The molecule has 0 aliphatic carbocycles. The molecule has 2 heterocycles. The number of ether oxygens (including phenoxy) is 2. The van der Waals surface area contributed by atoms with E-state index >= 15 is 0 Å². The van der Waals surface area contributed by atoms with Crippen LogP contribution < -0.4 is 14.4 Å². The second-order valence-electron chi connectivity index (χ2n) is 11.7. The molecule has 0 aromatic heterocycles. The van der Waals surface area contributed by atoms with Crippen molar-refractivity contribution in [3.05, 3.63) is 87.6 Å². The zero-order chi connectivity index (χ0) is 31.6. The maximum atomic E-state index is 14.8. The molecule has 2 aliphatic heterocycles. The van der Waals surface area contributed by atoms with E-state index in [0.29, 0.717) is 58.6 Å². The molecule has 0 spiro atoms. The fourth-order valence-electron chi connectivity index (χ4n) is 6.56. The van der Waals surface area contributed by atoms with Gasteiger partial charge in [0.15, 0.2) is 11.5 Å². The molecule has 3 unspecified atom stereocenters. The van der Waals surface area contributed by atoms with Gasteiger partial charge in [-0.1, -0.05) is 45.8 Å². The number of carboxylic acid groups (broad SMARTS) is 1. The van der Waals surface area contributed by atoms with Crippen molar-refractivity contribution in [1.82, 2.24) is 4.90 Å². The predicted octanol–water partition coefficient (Wildman–Crippen LogP) is 6.33. The standard InChI is InChI=1S/C34H36BrFN2O6/c1-21-5-10-25(11-6-21)38-30(39)14-12-26(31(38)22-8-13-28(43-2)29(17-22)44-3)32(40)37-16-4-15-34(20-37,33(41)42)19-23-7-9-24(35)18-27(23)36/h5-11,13,17-18,26,31H,4,12,14-16,19-20H2,1-3H3,(H,41,42). The van der Waals surface area contributed by atoms with Crippen LogP contribution in [-0.2, 0) is 20.8 Å². The third-order valence-corrected chi connectivity index (χ3v) is 9.36. The van der Waals surface area contributed by atoms with Crippen molar-refractivity contribution >= 4 is 39.4 Å². The Morgan fingerprint density at radius 3 is 2.43 bits per heavy atom. The second kappa shape index (κ2) is 13.0. The number of carbonyl (C=O) groups is 3. The van der Waals surface area contributed by atoms with Crippen LogP contribution in [0, 0.1) is 24.1 Å². The number of likely N-dealkylation sites (tertiary alicyclic amines) is 1. The summed E-state index contributed by atoms with van der Waals surface area (Å²) < 4.78 is 26.4. The fourth-order valence-corrected chi connectivity index (χ4v) is 6.89. The molecule has 3 atom stereocenters. The topological polar surface area (TPSA) is 96.4 Å². The van der Waals surface area contributed by atoms with Crippen molar-refractivity contribution in [2.75, 3.05) is 32.2 Å². The van der Waals surface area contributed by atoms with E-state index in [1.165, 1.54) is 20.3 Å². The Morgan fingerprint density at radius 1 is 1.05 bits per heavy atom. The Bertz CT molecular complexity index is 1560. The molecule has 2 fully saturated rings. The number of hydrogen-bond donors (Lipinski definition) is 1. The number of benzene rings is 3. The molecule has 5 rings (SSSR count). The smallest absolute Gasteiger partial charge is 0.311 e. The number of amides is 2. The number of piperidine rings is 2. The van der Waals surface area contributed by atoms with E-state index in [4.69, 9.17) is 9.47 Å². The minimum atomic E-state index is -1.34. The minimum absolute atomic E-state index is 0.0387. The van der Waals surface area contributed by atoms with Gasteiger partial charge in [-0.25, -0.2) is 4.39 Å². The van der Waals surface area contributed by atoms with Gasteiger partial charge in [0.05, 0.1) is 31.6 Å². The molecule has 1 N–H and O–H groups in total. The molecule has 3 aromatic carbocycles. The van der Waals surface area contributed by atoms with E-state index in [2.05, 4.69) is 15.9 Å². The van der Waals surface area contributed by atoms with Crippen LogP contribution in [0.3, 0.4) is 0 Å². The summed E-state index contributed by atoms with van der Waals surface area (Å²) in [5.41, 5.74) is 1.36. The first-order valence-corrected chi connectivity index (χ1v) is 15.4. The third kappa shape index (κ3) is 6.18. The van der Waals surface area contributed by atoms with Crippen LogP contribution in [0.4, 0.5) is 10.1 Å². The Kier molecular flexibility index (Phi) is 9.29. The molecule has 232 valence electrons. The van der Waals surface area contributed by atoms with Crippen molar-refractivity contribution in [3.63, 3.8) is 0 Å². The van der Waals surface area contributed by atoms with Gasteiger partial charge in [-0.3, -0.25) is 14.4 Å². The number of carbonyl (C=O) groups excluding carboxylic acids is 2. The van der Waals surface area contributed by atoms with Crippen molar-refractivity contribution in [2.24, 2.45) is 11.3 Å². The molecule has 8 nitrogen and oxygen atoms in total. The molecule has 3 aromatic rings. The first kappa shape index (κ1) is 31.5. The monoisotopic (exact) mass is 666 g/mol. The number of nitrogens with zero attached hydrogens (tertiary/aromatic N) is 2. The maximum Gasteiger partial charge on any atom is 0.311 e. The van der Waals surface area contributed by atoms with Crippen LogP contribution >= 0.6 is 15.9 Å². The number of aliphatic carboxylic acids is 1. The summed E-state index contributed by atoms with van der Waals surface area (Å²) in [6.45, 7) is 2.29. The molecule has 0 bridgehead atoms. The highest BCUT2D eigenvalue weighted by Gasteiger charge is 2.48. The van der Waals surface area contributed by atoms with E-state index in [-0.39, 0.29) is 31.2 Å². The largest absolute Gasteiger partial charge is 0.493 e. The Balaban J connectivity index is 1.53. The lowest BCUT2D eigenvalue weighted by Crippen LogP contribution is -2.55. The van der Waals surface area contributed by atoms with Crippen LogP contribution in [0.1, 0.15) is 48.4 Å². The van der Waals surface area contributed by atoms with E-state index in [0.717, 1.165) is 5.56 Å². The van der Waals surface area contributed by atoms with Crippen LogP contribution in [0.15, 0.2) is 65.1 Å². The summed E-state index contributed by atoms with van der Waals surface area (Å²) in [6.07, 6.45) is 1.21. The summed E-state index contributed by atoms with van der Waals surface area (Å²) in [7, 11) is 3.07. The van der Waals surface area contributed by atoms with Crippen LogP contribution in [-0.4, -0.2) is 55.1 Å². The maximum absolute atomic E-state index is 14.8. The highest BCUT2D eigenvalue weighted by Crippen LogP contribution is 2.44. The summed E-state index contributed by atoms with van der Waals surface area (Å²) in [4.78, 5) is 44.1. The average Bonchev–Trinajstić information content (AvgIpc) is 3.02. The lowest BCUT2D eigenvalue weighted by atomic mass is 9.74. The van der Waals surface area contributed by atoms with Gasteiger partial charge in [0, 0.05) is 29.7 Å². The highest BCUT2D eigenvalue weighted by atomic mass is 79.9. The molecule has 10 heteroatoms. The van der Waals surface area contributed by atoms with Gasteiger partial charge in [0.25, 0.3) is 0 Å². The molecule has 2 saturated heterocycles. The lowest BCUT2D eigenvalue weighted by molar-refractivity contribution is -0.156. The van der Waals surface area contributed by atoms with E-state index in [1.807, 2.05) is 37.3 Å². The Labute approximate surface area is 264 Å². The van der Waals surface area contributed by atoms with E-state index in [1.54, 1.807) is 34.1 Å². The summed E-state index contributed by atoms with van der Waals surface area (Å²) in [6, 6.07) is 16.9. The molecular formula is C34H36BrFN2O6. The van der Waals surface area contributed by atoms with Crippen molar-refractivity contribution in [3.8, 4) is 11.5 Å². The molecule has 2 amide bonds. The van der Waals surface area contributed by atoms with Gasteiger partial charge in [-0.05, 0) is 80.1 Å². The van der Waals surface area contributed by atoms with Crippen LogP contribution in [0.2, 0.25) is 0 Å². The lowest BCUT2D eigenvalue weighted by Gasteiger charge is -2.45. The van der Waals surface area contributed by atoms with E-state index < -0.39 is 29.2 Å². The highest BCUT2D eigenvalue weighted by molar-refractivity contribution is 9.10. The van der Waals surface area contributed by atoms with Crippen molar-refractivity contribution in [2.45, 2.75) is 45.1 Å². The third-order valence-electron chi connectivity index (χ3n) is 8.86. The first-order chi connectivity index (χ1) is 21.1. The van der Waals surface area contributed by atoms with Gasteiger partial charge in [-0.15, -0.1) is 0 Å². The second-order valence-corrected chi connectivity index (χ2v) is 12.6. The summed E-state index contributed by atoms with van der Waals surface area (Å²) in [5.74, 6) is -1.55. The first-order valence-electron chi connectivity index (χ1n) is 14.6. The minimum Gasteiger partial charge on any atom is -0.493 e. The number of hydrogen-bond acceptors (Lipinski definition) is 5. The van der Waals surface area contributed by atoms with Gasteiger partial charge < -0.3 is 24.4 Å². The fraction of sp³-hybridized carbons (Fsp3) is 0.382. The normalized spacial score (nSPS) is 22.1. The predicted molar refractivity (Wildman–Crippen MR) is 167 cm³/mol. The number of aryl methyl sites for hydroxylation is 1. The SMILES string of the molecule is COc1ccc(C2C(C(=O)N3CCCC(Cc4ccc(Br)cc4F)(C(=O)O)C3)CCC(=O)N2c2ccc(C)cc2)cc1OC. The molecule has 2 aliphatic rings. The quantitative estimate of drug-likeness (QED) is 0.302. The Morgan fingerprint density at radius 2 is 1.77 bits per heavy atom. The molecule has 0 radical (unpaired) electrons. The summed E-state index contributed by atoms with van der Waals surface area (Å²) in [5, 5.41) is 10.4. The number of rotatable bonds is 8. The summed E-state index contributed by atoms with van der Waals surface area (Å²) >= 11 is 3.26.